The van der Waals surface area contributed by atoms with Gasteiger partial charge in [-0.3, -0.25) is 4.90 Å². The molecule has 0 radical (unpaired) electrons. The molecule has 0 atom stereocenters. The summed E-state index contributed by atoms with van der Waals surface area (Å²) in [6.45, 7) is 3.01. The largest absolute Gasteiger partial charge is 0.296 e. The van der Waals surface area contributed by atoms with Crippen molar-refractivity contribution in [2.24, 2.45) is 0 Å². The summed E-state index contributed by atoms with van der Waals surface area (Å²) < 4.78 is 27.0. The summed E-state index contributed by atoms with van der Waals surface area (Å²) in [6, 6.07) is 19.3. The SMILES string of the molecule is O=S(=O)(Cc1ccccc1)N1CCN(Cc2cc3ccccc3nc2Cl)CC1. The lowest BCUT2D eigenvalue weighted by Gasteiger charge is -2.34. The van der Waals surface area contributed by atoms with Crippen LogP contribution in [0.15, 0.2) is 60.7 Å². The van der Waals surface area contributed by atoms with E-state index in [2.05, 4.69) is 16.0 Å². The lowest BCUT2D eigenvalue weighted by atomic mass is 10.1. The lowest BCUT2D eigenvalue weighted by molar-refractivity contribution is 0.181. The first-order valence-corrected chi connectivity index (χ1v) is 11.3. The average molecular weight is 416 g/mol. The number of pyridine rings is 1. The molecule has 1 saturated heterocycles. The number of aromatic nitrogens is 1. The molecule has 1 aliphatic heterocycles. The molecule has 7 heteroatoms. The Morgan fingerprint density at radius 2 is 1.61 bits per heavy atom. The number of piperazine rings is 1. The molecule has 28 heavy (non-hydrogen) atoms. The molecule has 0 bridgehead atoms. The predicted molar refractivity (Wildman–Crippen MR) is 113 cm³/mol. The van der Waals surface area contributed by atoms with Crippen molar-refractivity contribution in [3.05, 3.63) is 76.9 Å². The van der Waals surface area contributed by atoms with Crippen LogP contribution >= 0.6 is 11.6 Å². The fraction of sp³-hybridized carbons (Fsp3) is 0.286. The van der Waals surface area contributed by atoms with Crippen LogP contribution in [-0.4, -0.2) is 48.8 Å². The third-order valence-corrected chi connectivity index (χ3v) is 7.24. The lowest BCUT2D eigenvalue weighted by Crippen LogP contribution is -2.48. The van der Waals surface area contributed by atoms with Crippen molar-refractivity contribution in [2.45, 2.75) is 12.3 Å². The quantitative estimate of drug-likeness (QED) is 0.598. The fourth-order valence-electron chi connectivity index (χ4n) is 3.53. The number of sulfonamides is 1. The Balaban J connectivity index is 1.40. The number of hydrogen-bond donors (Lipinski definition) is 0. The van der Waals surface area contributed by atoms with Crippen molar-refractivity contribution in [1.82, 2.24) is 14.2 Å². The first-order chi connectivity index (χ1) is 13.5. The van der Waals surface area contributed by atoms with Crippen LogP contribution in [0.1, 0.15) is 11.1 Å². The molecule has 0 aliphatic carbocycles. The van der Waals surface area contributed by atoms with E-state index in [0.29, 0.717) is 37.9 Å². The van der Waals surface area contributed by atoms with Gasteiger partial charge in [0.25, 0.3) is 0 Å². The number of fused-ring (bicyclic) bond motifs is 1. The second-order valence-electron chi connectivity index (χ2n) is 7.05. The molecular formula is C21H22ClN3O2S. The Bertz CT molecular complexity index is 1070. The van der Waals surface area contributed by atoms with E-state index in [0.717, 1.165) is 22.0 Å². The molecule has 0 amide bonds. The third-order valence-electron chi connectivity index (χ3n) is 5.06. The van der Waals surface area contributed by atoms with Gasteiger partial charge in [0.15, 0.2) is 0 Å². The van der Waals surface area contributed by atoms with Crippen LogP contribution in [0, 0.1) is 0 Å². The average Bonchev–Trinajstić information content (AvgIpc) is 2.69. The normalized spacial score (nSPS) is 16.5. The summed E-state index contributed by atoms with van der Waals surface area (Å²) in [5, 5.41) is 1.57. The highest BCUT2D eigenvalue weighted by Gasteiger charge is 2.27. The number of benzene rings is 2. The Labute approximate surface area is 170 Å². The Morgan fingerprint density at radius 1 is 0.929 bits per heavy atom. The highest BCUT2D eigenvalue weighted by atomic mass is 35.5. The number of para-hydroxylation sites is 1. The van der Waals surface area contributed by atoms with Gasteiger partial charge in [0, 0.05) is 43.7 Å². The molecule has 4 rings (SSSR count). The van der Waals surface area contributed by atoms with Crippen LogP contribution in [-0.2, 0) is 22.3 Å². The van der Waals surface area contributed by atoms with E-state index in [1.165, 1.54) is 0 Å². The first-order valence-electron chi connectivity index (χ1n) is 9.29. The van der Waals surface area contributed by atoms with Gasteiger partial charge in [-0.05, 0) is 17.7 Å². The van der Waals surface area contributed by atoms with Crippen molar-refractivity contribution < 1.29 is 8.42 Å². The summed E-state index contributed by atoms with van der Waals surface area (Å²) >= 11 is 6.37. The van der Waals surface area contributed by atoms with E-state index in [9.17, 15) is 8.42 Å². The number of hydrogen-bond acceptors (Lipinski definition) is 4. The van der Waals surface area contributed by atoms with Gasteiger partial charge >= 0.3 is 0 Å². The zero-order valence-corrected chi connectivity index (χ0v) is 17.0. The summed E-state index contributed by atoms with van der Waals surface area (Å²) in [5.41, 5.74) is 2.67. The minimum Gasteiger partial charge on any atom is -0.296 e. The van der Waals surface area contributed by atoms with Crippen LogP contribution in [0.25, 0.3) is 10.9 Å². The summed E-state index contributed by atoms with van der Waals surface area (Å²) in [6.07, 6.45) is 0. The van der Waals surface area contributed by atoms with Gasteiger partial charge in [-0.25, -0.2) is 13.4 Å². The molecule has 0 spiro atoms. The fourth-order valence-corrected chi connectivity index (χ4v) is 5.25. The topological polar surface area (TPSA) is 53.5 Å². The van der Waals surface area contributed by atoms with Gasteiger partial charge in [0.05, 0.1) is 11.3 Å². The molecule has 2 aromatic carbocycles. The van der Waals surface area contributed by atoms with Crippen molar-refractivity contribution in [3.8, 4) is 0 Å². The van der Waals surface area contributed by atoms with E-state index >= 15 is 0 Å². The van der Waals surface area contributed by atoms with Gasteiger partial charge in [-0.15, -0.1) is 0 Å². The highest BCUT2D eigenvalue weighted by molar-refractivity contribution is 7.88. The first kappa shape index (κ1) is 19.3. The van der Waals surface area contributed by atoms with Gasteiger partial charge in [0.2, 0.25) is 10.0 Å². The highest BCUT2D eigenvalue weighted by Crippen LogP contribution is 2.23. The van der Waals surface area contributed by atoms with E-state index < -0.39 is 10.0 Å². The second-order valence-corrected chi connectivity index (χ2v) is 9.37. The maximum Gasteiger partial charge on any atom is 0.218 e. The van der Waals surface area contributed by atoms with Crippen molar-refractivity contribution in [2.75, 3.05) is 26.2 Å². The van der Waals surface area contributed by atoms with Gasteiger partial charge in [-0.1, -0.05) is 60.1 Å². The Kier molecular flexibility index (Phi) is 5.64. The van der Waals surface area contributed by atoms with Crippen LogP contribution in [0.5, 0.6) is 0 Å². The van der Waals surface area contributed by atoms with Crippen LogP contribution in [0.3, 0.4) is 0 Å². The molecule has 2 heterocycles. The standard InChI is InChI=1S/C21H22ClN3O2S/c22-21-19(14-18-8-4-5-9-20(18)23-21)15-24-10-12-25(13-11-24)28(26,27)16-17-6-2-1-3-7-17/h1-9,14H,10-13,15-16H2. The molecule has 146 valence electrons. The van der Waals surface area contributed by atoms with Crippen molar-refractivity contribution in [1.29, 1.82) is 0 Å². The maximum absolute atomic E-state index is 12.7. The van der Waals surface area contributed by atoms with Gasteiger partial charge in [0.1, 0.15) is 5.15 Å². The van der Waals surface area contributed by atoms with Gasteiger partial charge in [-0.2, -0.15) is 4.31 Å². The Hall–Kier alpha value is -1.99. The zero-order chi connectivity index (χ0) is 19.6. The van der Waals surface area contributed by atoms with Crippen LogP contribution < -0.4 is 0 Å². The monoisotopic (exact) mass is 415 g/mol. The molecule has 1 aromatic heterocycles. The molecular weight excluding hydrogens is 394 g/mol. The zero-order valence-electron chi connectivity index (χ0n) is 15.5. The van der Waals surface area contributed by atoms with E-state index in [4.69, 9.17) is 11.6 Å². The molecule has 0 saturated carbocycles. The number of halogens is 1. The van der Waals surface area contributed by atoms with Crippen molar-refractivity contribution >= 4 is 32.5 Å². The van der Waals surface area contributed by atoms with Crippen LogP contribution in [0.4, 0.5) is 0 Å². The number of rotatable bonds is 5. The molecule has 0 N–H and O–H groups in total. The maximum atomic E-state index is 12.7. The summed E-state index contributed by atoms with van der Waals surface area (Å²) in [5.74, 6) is 0.0499. The molecule has 1 aliphatic rings. The van der Waals surface area contributed by atoms with Crippen molar-refractivity contribution in [3.63, 3.8) is 0 Å². The van der Waals surface area contributed by atoms with Crippen LogP contribution in [0.2, 0.25) is 5.15 Å². The van der Waals surface area contributed by atoms with Gasteiger partial charge < -0.3 is 0 Å². The van der Waals surface area contributed by atoms with E-state index in [-0.39, 0.29) is 5.75 Å². The van der Waals surface area contributed by atoms with E-state index in [1.54, 1.807) is 4.31 Å². The minimum absolute atomic E-state index is 0.0499. The summed E-state index contributed by atoms with van der Waals surface area (Å²) in [7, 11) is -3.30. The minimum atomic E-state index is -3.30. The Morgan fingerprint density at radius 3 is 2.36 bits per heavy atom. The third kappa shape index (κ3) is 4.36. The van der Waals surface area contributed by atoms with E-state index in [1.807, 2.05) is 54.6 Å². The molecule has 3 aromatic rings. The molecule has 0 unspecified atom stereocenters. The summed E-state index contributed by atoms with van der Waals surface area (Å²) in [4.78, 5) is 6.70. The molecule has 5 nitrogen and oxygen atoms in total. The number of nitrogens with zero attached hydrogens (tertiary/aromatic N) is 3. The molecule has 1 fully saturated rings. The smallest absolute Gasteiger partial charge is 0.218 e. The predicted octanol–water partition coefficient (Wildman–Crippen LogP) is 3.54. The second kappa shape index (κ2) is 8.17.